The van der Waals surface area contributed by atoms with Gasteiger partial charge in [-0.1, -0.05) is 30.3 Å². The van der Waals surface area contributed by atoms with E-state index in [-0.39, 0.29) is 24.6 Å². The van der Waals surface area contributed by atoms with Gasteiger partial charge in [-0.3, -0.25) is 4.79 Å². The van der Waals surface area contributed by atoms with E-state index in [2.05, 4.69) is 15.4 Å². The zero-order valence-electron chi connectivity index (χ0n) is 13.7. The molecule has 0 saturated heterocycles. The van der Waals surface area contributed by atoms with Crippen LogP contribution in [0.25, 0.3) is 10.8 Å². The molecule has 124 valence electrons. The molecule has 0 bridgehead atoms. The van der Waals surface area contributed by atoms with Crippen molar-refractivity contribution < 1.29 is 9.53 Å². The summed E-state index contributed by atoms with van der Waals surface area (Å²) in [6.45, 7) is 3.89. The number of amides is 1. The molecule has 1 N–H and O–H groups in total. The summed E-state index contributed by atoms with van der Waals surface area (Å²) >= 11 is 0. The lowest BCUT2D eigenvalue weighted by Gasteiger charge is -2.21. The maximum Gasteiger partial charge on any atom is 0.258 e. The number of fused-ring (bicyclic) bond motifs is 1. The van der Waals surface area contributed by atoms with E-state index in [4.69, 9.17) is 4.74 Å². The topological polar surface area (TPSA) is 69.0 Å². The highest BCUT2D eigenvalue weighted by molar-refractivity contribution is 5.84. The zero-order valence-corrected chi connectivity index (χ0v) is 13.7. The predicted molar refractivity (Wildman–Crippen MR) is 91.8 cm³/mol. The highest BCUT2D eigenvalue weighted by Crippen LogP contribution is 2.20. The van der Waals surface area contributed by atoms with Crippen molar-refractivity contribution in [2.24, 2.45) is 0 Å². The quantitative estimate of drug-likeness (QED) is 0.756. The van der Waals surface area contributed by atoms with Gasteiger partial charge in [-0.2, -0.15) is 5.10 Å². The van der Waals surface area contributed by atoms with Crippen LogP contribution in [0.2, 0.25) is 0 Å². The van der Waals surface area contributed by atoms with Gasteiger partial charge in [0.05, 0.1) is 6.04 Å². The molecule has 0 saturated carbocycles. The van der Waals surface area contributed by atoms with Crippen molar-refractivity contribution in [1.82, 2.24) is 20.1 Å². The van der Waals surface area contributed by atoms with Crippen LogP contribution in [0.1, 0.15) is 19.9 Å². The largest absolute Gasteiger partial charge is 0.484 e. The van der Waals surface area contributed by atoms with Crippen LogP contribution in [0, 0.1) is 0 Å². The molecule has 0 aliphatic carbocycles. The van der Waals surface area contributed by atoms with Crippen molar-refractivity contribution in [2.75, 3.05) is 6.61 Å². The minimum atomic E-state index is -0.164. The summed E-state index contributed by atoms with van der Waals surface area (Å²) in [4.78, 5) is 16.0. The summed E-state index contributed by atoms with van der Waals surface area (Å²) in [5.41, 5.74) is 0. The second-order valence-electron chi connectivity index (χ2n) is 5.77. The molecule has 6 heteroatoms. The minimum Gasteiger partial charge on any atom is -0.484 e. The van der Waals surface area contributed by atoms with Crippen molar-refractivity contribution in [3.63, 3.8) is 0 Å². The number of hydrogen-bond acceptors (Lipinski definition) is 4. The van der Waals surface area contributed by atoms with E-state index < -0.39 is 0 Å². The Morgan fingerprint density at radius 2 is 2.00 bits per heavy atom. The van der Waals surface area contributed by atoms with E-state index in [9.17, 15) is 4.79 Å². The summed E-state index contributed by atoms with van der Waals surface area (Å²) in [7, 11) is 0. The summed E-state index contributed by atoms with van der Waals surface area (Å²) in [5, 5.41) is 9.24. The van der Waals surface area contributed by atoms with Crippen LogP contribution >= 0.6 is 0 Å². The van der Waals surface area contributed by atoms with E-state index in [0.717, 1.165) is 10.8 Å². The van der Waals surface area contributed by atoms with Crippen molar-refractivity contribution in [2.45, 2.75) is 25.9 Å². The van der Waals surface area contributed by atoms with Gasteiger partial charge >= 0.3 is 0 Å². The lowest BCUT2D eigenvalue weighted by atomic mass is 10.1. The standard InChI is InChI=1S/C18H20N4O2/c1-13(14(2)22-12-19-11-20-22)21-18(23)10-24-17-8-7-15-5-3-4-6-16(15)9-17/h3-9,11-14H,10H2,1-2H3,(H,21,23)/t13-,14+/m0/s1. The van der Waals surface area contributed by atoms with Gasteiger partial charge in [0.15, 0.2) is 6.61 Å². The molecule has 24 heavy (non-hydrogen) atoms. The summed E-state index contributed by atoms with van der Waals surface area (Å²) in [5.74, 6) is 0.517. The average molecular weight is 324 g/mol. The molecule has 3 rings (SSSR count). The van der Waals surface area contributed by atoms with Gasteiger partial charge in [-0.25, -0.2) is 9.67 Å². The van der Waals surface area contributed by atoms with Crippen LogP contribution in [0.5, 0.6) is 5.75 Å². The SMILES string of the molecule is C[C@H](NC(=O)COc1ccc2ccccc2c1)[C@@H](C)n1cncn1. The van der Waals surface area contributed by atoms with Gasteiger partial charge < -0.3 is 10.1 Å². The molecule has 1 aromatic heterocycles. The van der Waals surface area contributed by atoms with Crippen molar-refractivity contribution in [3.05, 3.63) is 55.1 Å². The van der Waals surface area contributed by atoms with Gasteiger partial charge in [0, 0.05) is 6.04 Å². The molecule has 1 heterocycles. The highest BCUT2D eigenvalue weighted by atomic mass is 16.5. The Labute approximate surface area is 140 Å². The molecule has 3 aromatic rings. The summed E-state index contributed by atoms with van der Waals surface area (Å²) < 4.78 is 7.32. The third kappa shape index (κ3) is 3.71. The second-order valence-corrected chi connectivity index (χ2v) is 5.77. The second kappa shape index (κ2) is 7.12. The molecule has 0 aliphatic heterocycles. The summed E-state index contributed by atoms with van der Waals surface area (Å²) in [6, 6.07) is 13.7. The smallest absolute Gasteiger partial charge is 0.258 e. The molecule has 0 radical (unpaired) electrons. The van der Waals surface area contributed by atoms with Crippen LogP contribution in [0.4, 0.5) is 0 Å². The Balaban J connectivity index is 1.54. The monoisotopic (exact) mass is 324 g/mol. The predicted octanol–water partition coefficient (Wildman–Crippen LogP) is 2.58. The van der Waals surface area contributed by atoms with Gasteiger partial charge in [0.1, 0.15) is 18.4 Å². The summed E-state index contributed by atoms with van der Waals surface area (Å²) in [6.07, 6.45) is 3.12. The molecular formula is C18H20N4O2. The minimum absolute atomic E-state index is 0.0112. The van der Waals surface area contributed by atoms with Crippen LogP contribution < -0.4 is 10.1 Å². The van der Waals surface area contributed by atoms with Gasteiger partial charge in [0.2, 0.25) is 0 Å². The number of carbonyl (C=O) groups is 1. The fourth-order valence-electron chi connectivity index (χ4n) is 2.48. The van der Waals surface area contributed by atoms with Gasteiger partial charge in [-0.15, -0.1) is 0 Å². The van der Waals surface area contributed by atoms with E-state index in [0.29, 0.717) is 5.75 Å². The number of carbonyl (C=O) groups excluding carboxylic acids is 1. The van der Waals surface area contributed by atoms with E-state index in [1.807, 2.05) is 56.3 Å². The first-order valence-electron chi connectivity index (χ1n) is 7.88. The molecule has 0 aliphatic rings. The Hall–Kier alpha value is -2.89. The van der Waals surface area contributed by atoms with Crippen molar-refractivity contribution in [3.8, 4) is 5.75 Å². The van der Waals surface area contributed by atoms with Gasteiger partial charge in [-0.05, 0) is 36.8 Å². The normalized spacial score (nSPS) is 13.4. The first-order valence-corrected chi connectivity index (χ1v) is 7.88. The fourth-order valence-corrected chi connectivity index (χ4v) is 2.48. The van der Waals surface area contributed by atoms with Crippen LogP contribution in [0.3, 0.4) is 0 Å². The zero-order chi connectivity index (χ0) is 16.9. The number of nitrogens with one attached hydrogen (secondary N) is 1. The number of aromatic nitrogens is 3. The third-order valence-electron chi connectivity index (χ3n) is 4.06. The lowest BCUT2D eigenvalue weighted by molar-refractivity contribution is -0.124. The van der Waals surface area contributed by atoms with E-state index in [1.54, 1.807) is 11.0 Å². The molecular weight excluding hydrogens is 304 g/mol. The Kier molecular flexibility index (Phi) is 4.74. The highest BCUT2D eigenvalue weighted by Gasteiger charge is 2.17. The molecule has 2 atom stereocenters. The molecule has 2 aromatic carbocycles. The number of ether oxygens (including phenoxy) is 1. The Morgan fingerprint density at radius 3 is 2.75 bits per heavy atom. The number of nitrogens with zero attached hydrogens (tertiary/aromatic N) is 3. The van der Waals surface area contributed by atoms with Crippen LogP contribution in [0.15, 0.2) is 55.1 Å². The fraction of sp³-hybridized carbons (Fsp3) is 0.278. The van der Waals surface area contributed by atoms with E-state index >= 15 is 0 Å². The number of rotatable bonds is 6. The van der Waals surface area contributed by atoms with Crippen LogP contribution in [-0.2, 0) is 4.79 Å². The number of hydrogen-bond donors (Lipinski definition) is 1. The first-order chi connectivity index (χ1) is 11.6. The van der Waals surface area contributed by atoms with E-state index in [1.165, 1.54) is 6.33 Å². The average Bonchev–Trinajstić information content (AvgIpc) is 3.13. The first kappa shape index (κ1) is 16.0. The molecule has 0 unspecified atom stereocenters. The Bertz CT molecular complexity index is 817. The maximum atomic E-state index is 12.1. The van der Waals surface area contributed by atoms with Crippen molar-refractivity contribution in [1.29, 1.82) is 0 Å². The van der Waals surface area contributed by atoms with Crippen molar-refractivity contribution >= 4 is 16.7 Å². The Morgan fingerprint density at radius 1 is 1.21 bits per heavy atom. The molecule has 1 amide bonds. The maximum absolute atomic E-state index is 12.1. The lowest BCUT2D eigenvalue weighted by Crippen LogP contribution is -2.40. The number of benzene rings is 2. The van der Waals surface area contributed by atoms with Crippen LogP contribution in [-0.4, -0.2) is 33.3 Å². The third-order valence-corrected chi connectivity index (χ3v) is 4.06. The molecule has 0 fully saturated rings. The van der Waals surface area contributed by atoms with Gasteiger partial charge in [0.25, 0.3) is 5.91 Å². The molecule has 0 spiro atoms. The molecule has 6 nitrogen and oxygen atoms in total.